The summed E-state index contributed by atoms with van der Waals surface area (Å²) in [6.45, 7) is 0. The van der Waals surface area contributed by atoms with Crippen LogP contribution in [0.2, 0.25) is 5.02 Å². The third-order valence-electron chi connectivity index (χ3n) is 2.43. The van der Waals surface area contributed by atoms with Gasteiger partial charge in [0, 0.05) is 25.0 Å². The Hall–Kier alpha value is -2.87. The molecule has 0 saturated heterocycles. The molecule has 0 spiro atoms. The predicted octanol–water partition coefficient (Wildman–Crippen LogP) is 0.847. The van der Waals surface area contributed by atoms with Crippen LogP contribution < -0.4 is 16.2 Å². The lowest BCUT2D eigenvalue weighted by molar-refractivity contribution is -0.131. The monoisotopic (exact) mass is 339 g/mol. The Morgan fingerprint density at radius 3 is 2.30 bits per heavy atom. The first kappa shape index (κ1) is 18.2. The molecule has 0 aromatic heterocycles. The number of halogens is 1. The number of nitrogens with one attached hydrogen (secondary N) is 3. The minimum absolute atomic E-state index is 0.113. The average Bonchev–Trinajstić information content (AvgIpc) is 2.51. The third kappa shape index (κ3) is 7.63. The van der Waals surface area contributed by atoms with Gasteiger partial charge in [0.15, 0.2) is 0 Å². The second-order valence-electron chi connectivity index (χ2n) is 4.24. The Labute approximate surface area is 136 Å². The van der Waals surface area contributed by atoms with Gasteiger partial charge in [0.05, 0.1) is 10.7 Å². The summed E-state index contributed by atoms with van der Waals surface area (Å²) in [6, 6.07) is 6.65. The van der Waals surface area contributed by atoms with E-state index in [1.807, 2.05) is 10.9 Å². The second kappa shape index (κ2) is 9.21. The van der Waals surface area contributed by atoms with E-state index in [4.69, 9.17) is 16.7 Å². The third-order valence-corrected chi connectivity index (χ3v) is 2.76. The first-order valence-electron chi connectivity index (χ1n) is 6.42. The maximum atomic E-state index is 11.7. The molecule has 122 valence electrons. The van der Waals surface area contributed by atoms with Crippen LogP contribution in [0.1, 0.15) is 12.8 Å². The minimum atomic E-state index is -1.29. The number of carboxylic acids is 1. The van der Waals surface area contributed by atoms with Gasteiger partial charge in [-0.15, -0.1) is 0 Å². The van der Waals surface area contributed by atoms with Crippen LogP contribution in [-0.4, -0.2) is 28.8 Å². The van der Waals surface area contributed by atoms with E-state index in [9.17, 15) is 19.2 Å². The quantitative estimate of drug-likeness (QED) is 0.451. The minimum Gasteiger partial charge on any atom is -0.478 e. The van der Waals surface area contributed by atoms with Crippen LogP contribution in [0.3, 0.4) is 0 Å². The van der Waals surface area contributed by atoms with Crippen molar-refractivity contribution in [3.63, 3.8) is 0 Å². The normalized spacial score (nSPS) is 10.1. The molecule has 0 aliphatic heterocycles. The number of para-hydroxylation sites is 1. The highest BCUT2D eigenvalue weighted by atomic mass is 35.5. The highest BCUT2D eigenvalue weighted by Gasteiger charge is 2.09. The molecule has 8 nitrogen and oxygen atoms in total. The number of amides is 3. The zero-order chi connectivity index (χ0) is 17.2. The second-order valence-corrected chi connectivity index (χ2v) is 4.64. The van der Waals surface area contributed by atoms with E-state index in [0.717, 1.165) is 6.08 Å². The molecule has 3 amide bonds. The van der Waals surface area contributed by atoms with Crippen molar-refractivity contribution in [2.24, 2.45) is 0 Å². The van der Waals surface area contributed by atoms with E-state index < -0.39 is 23.7 Å². The van der Waals surface area contributed by atoms with Crippen molar-refractivity contribution in [3.05, 3.63) is 41.4 Å². The number of carboxylic acid groups (broad SMARTS) is 1. The zero-order valence-corrected chi connectivity index (χ0v) is 12.6. The zero-order valence-electron chi connectivity index (χ0n) is 11.8. The molecule has 0 saturated carbocycles. The highest BCUT2D eigenvalue weighted by molar-refractivity contribution is 6.33. The van der Waals surface area contributed by atoms with Gasteiger partial charge in [-0.1, -0.05) is 23.7 Å². The summed E-state index contributed by atoms with van der Waals surface area (Å²) in [4.78, 5) is 44.4. The lowest BCUT2D eigenvalue weighted by Gasteiger charge is -2.07. The van der Waals surface area contributed by atoms with Crippen molar-refractivity contribution in [2.75, 3.05) is 5.32 Å². The number of hydrogen-bond donors (Lipinski definition) is 4. The summed E-state index contributed by atoms with van der Waals surface area (Å²) < 4.78 is 0. The van der Waals surface area contributed by atoms with Crippen molar-refractivity contribution >= 4 is 41.0 Å². The molecule has 0 unspecified atom stereocenters. The van der Waals surface area contributed by atoms with Gasteiger partial charge in [-0.3, -0.25) is 25.2 Å². The van der Waals surface area contributed by atoms with Crippen molar-refractivity contribution in [3.8, 4) is 0 Å². The molecule has 0 radical (unpaired) electrons. The first-order chi connectivity index (χ1) is 10.9. The Kier molecular flexibility index (Phi) is 7.28. The summed E-state index contributed by atoms with van der Waals surface area (Å²) in [5.74, 6) is -3.11. The molecular formula is C14H14ClN3O5. The first-order valence-corrected chi connectivity index (χ1v) is 6.80. The SMILES string of the molecule is O=C(O)/C=C/C(=O)NNC(=O)CCC(=O)Nc1ccccc1Cl. The van der Waals surface area contributed by atoms with Gasteiger partial charge in [-0.05, 0) is 12.1 Å². The molecule has 4 N–H and O–H groups in total. The smallest absolute Gasteiger partial charge is 0.328 e. The highest BCUT2D eigenvalue weighted by Crippen LogP contribution is 2.20. The lowest BCUT2D eigenvalue weighted by atomic mass is 10.2. The number of rotatable bonds is 6. The molecule has 23 heavy (non-hydrogen) atoms. The standard InChI is InChI=1S/C14H14ClN3O5/c15-9-3-1-2-4-10(9)16-11(19)5-6-12(20)17-18-13(21)7-8-14(22)23/h1-4,7-8H,5-6H2,(H,16,19)(H,17,20)(H,18,21)(H,22,23)/b8-7+. The van der Waals surface area contributed by atoms with Gasteiger partial charge in [0.25, 0.3) is 5.91 Å². The number of anilines is 1. The average molecular weight is 340 g/mol. The molecule has 0 fully saturated rings. The molecular weight excluding hydrogens is 326 g/mol. The van der Waals surface area contributed by atoms with E-state index in [-0.39, 0.29) is 12.8 Å². The van der Waals surface area contributed by atoms with Crippen molar-refractivity contribution < 1.29 is 24.3 Å². The maximum Gasteiger partial charge on any atom is 0.328 e. The molecule has 1 rings (SSSR count). The van der Waals surface area contributed by atoms with Gasteiger partial charge in [0.2, 0.25) is 11.8 Å². The van der Waals surface area contributed by atoms with Crippen LogP contribution in [-0.2, 0) is 19.2 Å². The molecule has 1 aromatic rings. The van der Waals surface area contributed by atoms with Crippen molar-refractivity contribution in [1.82, 2.24) is 10.9 Å². The van der Waals surface area contributed by atoms with Crippen LogP contribution >= 0.6 is 11.6 Å². The van der Waals surface area contributed by atoms with Crippen LogP contribution in [0.4, 0.5) is 5.69 Å². The summed E-state index contributed by atoms with van der Waals surface area (Å²) in [5.41, 5.74) is 4.46. The number of carbonyl (C=O) groups is 4. The lowest BCUT2D eigenvalue weighted by Crippen LogP contribution is -2.41. The summed E-state index contributed by atoms with van der Waals surface area (Å²) in [6.07, 6.45) is 1.09. The fraction of sp³-hybridized carbons (Fsp3) is 0.143. The summed E-state index contributed by atoms with van der Waals surface area (Å²) in [7, 11) is 0. The fourth-order valence-corrected chi connectivity index (χ4v) is 1.57. The van der Waals surface area contributed by atoms with Gasteiger partial charge < -0.3 is 10.4 Å². The molecule has 1 aromatic carbocycles. The topological polar surface area (TPSA) is 125 Å². The number of hydrogen-bond acceptors (Lipinski definition) is 4. The summed E-state index contributed by atoms with van der Waals surface area (Å²) >= 11 is 5.88. The Morgan fingerprint density at radius 2 is 1.65 bits per heavy atom. The maximum absolute atomic E-state index is 11.7. The van der Waals surface area contributed by atoms with Crippen LogP contribution in [0.25, 0.3) is 0 Å². The molecule has 0 heterocycles. The molecule has 9 heteroatoms. The largest absolute Gasteiger partial charge is 0.478 e. The number of hydrazine groups is 1. The Balaban J connectivity index is 2.30. The molecule has 0 aliphatic rings. The van der Waals surface area contributed by atoms with Crippen molar-refractivity contribution in [2.45, 2.75) is 12.8 Å². The Bertz CT molecular complexity index is 645. The van der Waals surface area contributed by atoms with Gasteiger partial charge in [0.1, 0.15) is 0 Å². The number of benzene rings is 1. The predicted molar refractivity (Wildman–Crippen MR) is 82.4 cm³/mol. The van der Waals surface area contributed by atoms with E-state index >= 15 is 0 Å². The fourth-order valence-electron chi connectivity index (χ4n) is 1.38. The van der Waals surface area contributed by atoms with Gasteiger partial charge in [-0.25, -0.2) is 4.79 Å². The molecule has 0 aliphatic carbocycles. The van der Waals surface area contributed by atoms with E-state index in [2.05, 4.69) is 5.32 Å². The molecule has 0 atom stereocenters. The van der Waals surface area contributed by atoms with Crippen LogP contribution in [0.15, 0.2) is 36.4 Å². The Morgan fingerprint density at radius 1 is 1.00 bits per heavy atom. The van der Waals surface area contributed by atoms with Crippen LogP contribution in [0, 0.1) is 0 Å². The van der Waals surface area contributed by atoms with Gasteiger partial charge >= 0.3 is 5.97 Å². The van der Waals surface area contributed by atoms with E-state index in [1.54, 1.807) is 24.3 Å². The molecule has 0 bridgehead atoms. The van der Waals surface area contributed by atoms with Gasteiger partial charge in [-0.2, -0.15) is 0 Å². The van der Waals surface area contributed by atoms with E-state index in [0.29, 0.717) is 16.8 Å². The number of carbonyl (C=O) groups excluding carboxylic acids is 3. The van der Waals surface area contributed by atoms with Crippen LogP contribution in [0.5, 0.6) is 0 Å². The van der Waals surface area contributed by atoms with Crippen molar-refractivity contribution in [1.29, 1.82) is 0 Å². The summed E-state index contributed by atoms with van der Waals surface area (Å²) in [5, 5.41) is 11.2. The number of aliphatic carboxylic acids is 1. The van der Waals surface area contributed by atoms with E-state index in [1.165, 1.54) is 0 Å².